The summed E-state index contributed by atoms with van der Waals surface area (Å²) in [5, 5.41) is 90.3. The fourth-order valence-corrected chi connectivity index (χ4v) is 8.00. The largest absolute Gasteiger partial charge is 0.394 e. The summed E-state index contributed by atoms with van der Waals surface area (Å²) >= 11 is 0. The van der Waals surface area contributed by atoms with Gasteiger partial charge in [0.2, 0.25) is 53.7 Å². The van der Waals surface area contributed by atoms with Crippen LogP contribution in [0.5, 0.6) is 0 Å². The van der Waals surface area contributed by atoms with Crippen LogP contribution < -0.4 is 42.5 Å². The lowest BCUT2D eigenvalue weighted by Crippen LogP contribution is -2.64. The van der Waals surface area contributed by atoms with Crippen molar-refractivity contribution in [2.24, 2.45) is 0 Å². The molecule has 468 valence electrons. The van der Waals surface area contributed by atoms with Gasteiger partial charge in [-0.2, -0.15) is 0 Å². The Morgan fingerprint density at radius 2 is 0.951 bits per heavy atom. The highest BCUT2D eigenvalue weighted by Gasteiger charge is 2.46. The number of hydrogen-bond acceptors (Lipinski definition) is 24. The van der Waals surface area contributed by atoms with E-state index in [1.165, 1.54) is 20.8 Å². The fourth-order valence-electron chi connectivity index (χ4n) is 8.00. The Labute approximate surface area is 470 Å². The number of aliphatic hydroxyl groups is 7. The molecule has 13 unspecified atom stereocenters. The van der Waals surface area contributed by atoms with Crippen molar-refractivity contribution >= 4 is 47.3 Å². The summed E-state index contributed by atoms with van der Waals surface area (Å²) in [6.07, 6.45) is -13.2. The van der Waals surface area contributed by atoms with E-state index >= 15 is 0 Å². The molecule has 15 N–H and O–H groups in total. The van der Waals surface area contributed by atoms with Gasteiger partial charge in [0.1, 0.15) is 60.8 Å². The molecule has 32 heteroatoms. The van der Waals surface area contributed by atoms with E-state index in [1.807, 2.05) is 20.8 Å². The van der Waals surface area contributed by atoms with Crippen molar-refractivity contribution in [3.63, 3.8) is 0 Å². The van der Waals surface area contributed by atoms with E-state index in [2.05, 4.69) is 42.5 Å². The molecule has 0 aliphatic carbocycles. The van der Waals surface area contributed by atoms with Crippen molar-refractivity contribution in [1.82, 2.24) is 42.5 Å². The van der Waals surface area contributed by atoms with Gasteiger partial charge in [-0.15, -0.1) is 0 Å². The lowest BCUT2D eigenvalue weighted by molar-refractivity contribution is -0.272. The lowest BCUT2D eigenvalue weighted by Gasteiger charge is -2.42. The molecular formula is C49H88N8O24. The normalized spacial score (nSPS) is 23.9. The Kier molecular flexibility index (Phi) is 35.3. The van der Waals surface area contributed by atoms with Gasteiger partial charge >= 0.3 is 0 Å². The second-order valence-corrected chi connectivity index (χ2v) is 19.3. The highest BCUT2D eigenvalue weighted by molar-refractivity contribution is 5.90. The summed E-state index contributed by atoms with van der Waals surface area (Å²) in [6, 6.07) is -4.85. The Morgan fingerprint density at radius 1 is 0.531 bits per heavy atom. The number of amides is 8. The first-order chi connectivity index (χ1) is 38.4. The molecule has 0 bridgehead atoms. The summed E-state index contributed by atoms with van der Waals surface area (Å²) in [5.41, 5.74) is -0.649. The summed E-state index contributed by atoms with van der Waals surface area (Å²) in [6.45, 7) is 7.44. The molecule has 32 nitrogen and oxygen atoms in total. The van der Waals surface area contributed by atoms with Crippen molar-refractivity contribution in [3.8, 4) is 0 Å². The Hall–Kier alpha value is -4.88. The molecule has 8 amide bonds. The highest BCUT2D eigenvalue weighted by atomic mass is 16.7. The summed E-state index contributed by atoms with van der Waals surface area (Å²) in [5.74, 6) is -4.67. The second-order valence-electron chi connectivity index (χ2n) is 19.3. The first-order valence-corrected chi connectivity index (χ1v) is 26.8. The van der Waals surface area contributed by atoms with Gasteiger partial charge in [0.15, 0.2) is 12.6 Å². The van der Waals surface area contributed by atoms with Gasteiger partial charge in [0.05, 0.1) is 78.3 Å². The maximum Gasteiger partial charge on any atom is 0.242 e. The summed E-state index contributed by atoms with van der Waals surface area (Å²) < 4.78 is 49.4. The number of nitrogens with one attached hydrogen (secondary N) is 8. The van der Waals surface area contributed by atoms with Gasteiger partial charge in [0.25, 0.3) is 0 Å². The van der Waals surface area contributed by atoms with Crippen LogP contribution in [0.4, 0.5) is 0 Å². The van der Waals surface area contributed by atoms with Gasteiger partial charge in [0, 0.05) is 66.3 Å². The number of carbonyl (C=O) groups excluding carboxylic acids is 8. The van der Waals surface area contributed by atoms with Crippen LogP contribution in [0.2, 0.25) is 0 Å². The van der Waals surface area contributed by atoms with Gasteiger partial charge < -0.3 is 121 Å². The van der Waals surface area contributed by atoms with E-state index in [0.29, 0.717) is 13.0 Å². The maximum absolute atomic E-state index is 13.6. The molecule has 0 radical (unpaired) electrons. The molecule has 0 aromatic rings. The van der Waals surface area contributed by atoms with Crippen LogP contribution in [-0.4, -0.2) is 267 Å². The second kappa shape index (κ2) is 39.6. The Morgan fingerprint density at radius 3 is 1.37 bits per heavy atom. The standard InChI is InChI=1S/C49H88N8O24/c1-7-79-49(5,6)13-12-37(65)57-32(45(71)52-16-19-75-22-25-78-48(72)55-30(4)62)9-11-36(64)56-31(44(70)51-15-18-74-21-24-77-47-39(54-29(3)61)43(69)41(67)34(27-59)81-47)8-10-35(63)50-14-17-73-20-23-76-46-38(53-28(2)60)42(68)40(66)33(26-58)80-46/h31-34,38-43,46-48,58-59,66-69,72H,7-27H2,1-6H3,(H,50,63)(H,51,70)(H,52,71)(H,53,60)(H,54,61)(H,55,62)(H,56,64)(H,57,65). The number of carbonyl (C=O) groups is 8. The zero-order chi connectivity index (χ0) is 60.5. The van der Waals surface area contributed by atoms with E-state index in [9.17, 15) is 74.1 Å². The van der Waals surface area contributed by atoms with Gasteiger partial charge in [-0.25, -0.2) is 0 Å². The van der Waals surface area contributed by atoms with Gasteiger partial charge in [-0.3, -0.25) is 38.4 Å². The minimum atomic E-state index is -1.53. The number of aliphatic hydroxyl groups excluding tert-OH is 7. The quantitative estimate of drug-likeness (QED) is 0.0200. The van der Waals surface area contributed by atoms with Gasteiger partial charge in [-0.05, 0) is 40.0 Å². The average molecular weight is 1170 g/mol. The van der Waals surface area contributed by atoms with Crippen LogP contribution in [-0.2, 0) is 81.0 Å². The van der Waals surface area contributed by atoms with Crippen LogP contribution in [0.25, 0.3) is 0 Å². The number of hydrogen-bond donors (Lipinski definition) is 15. The number of ether oxygens (including phenoxy) is 9. The minimum Gasteiger partial charge on any atom is -0.394 e. The lowest BCUT2D eigenvalue weighted by atomic mass is 9.97. The monoisotopic (exact) mass is 1170 g/mol. The van der Waals surface area contributed by atoms with E-state index in [0.717, 1.165) is 0 Å². The maximum atomic E-state index is 13.6. The van der Waals surface area contributed by atoms with Crippen molar-refractivity contribution in [1.29, 1.82) is 0 Å². The predicted molar refractivity (Wildman–Crippen MR) is 277 cm³/mol. The first-order valence-electron chi connectivity index (χ1n) is 26.8. The molecule has 0 aromatic carbocycles. The minimum absolute atomic E-state index is 0.00325. The smallest absolute Gasteiger partial charge is 0.242 e. The van der Waals surface area contributed by atoms with Crippen LogP contribution in [0.1, 0.15) is 80.1 Å². The number of rotatable bonds is 41. The molecule has 2 fully saturated rings. The SMILES string of the molecule is CCOC(C)(C)CCC(=O)NC(CCC(=O)NC(CCC(=O)NCCOCCOC1OC(CO)C(O)C(O)C1NC(C)=O)C(=O)NCCOCCOC1OC(CO)C(O)C(O)C1NC(C)=O)C(=O)NCCOCCOC(O)NC(C)=O. The van der Waals surface area contributed by atoms with Crippen LogP contribution in [0.3, 0.4) is 0 Å². The molecule has 81 heavy (non-hydrogen) atoms. The zero-order valence-corrected chi connectivity index (χ0v) is 46.9. The van der Waals surface area contributed by atoms with E-state index in [4.69, 9.17) is 42.6 Å². The van der Waals surface area contributed by atoms with E-state index in [1.54, 1.807) is 0 Å². The van der Waals surface area contributed by atoms with Crippen molar-refractivity contribution in [2.45, 2.75) is 165 Å². The zero-order valence-electron chi connectivity index (χ0n) is 46.9. The third-order valence-electron chi connectivity index (χ3n) is 12.1. The molecule has 2 saturated heterocycles. The molecule has 0 spiro atoms. The molecule has 2 heterocycles. The van der Waals surface area contributed by atoms with E-state index in [-0.39, 0.29) is 111 Å². The van der Waals surface area contributed by atoms with Gasteiger partial charge in [-0.1, -0.05) is 0 Å². The molecule has 2 aliphatic heterocycles. The van der Waals surface area contributed by atoms with Crippen molar-refractivity contribution in [3.05, 3.63) is 0 Å². The van der Waals surface area contributed by atoms with Crippen LogP contribution in [0.15, 0.2) is 0 Å². The summed E-state index contributed by atoms with van der Waals surface area (Å²) in [4.78, 5) is 101. The fraction of sp³-hybridized carbons (Fsp3) is 0.837. The Bertz CT molecular complexity index is 1910. The molecular weight excluding hydrogens is 1080 g/mol. The third kappa shape index (κ3) is 29.3. The van der Waals surface area contributed by atoms with Crippen LogP contribution >= 0.6 is 0 Å². The summed E-state index contributed by atoms with van der Waals surface area (Å²) in [7, 11) is 0. The van der Waals surface area contributed by atoms with Crippen molar-refractivity contribution in [2.75, 3.05) is 98.9 Å². The Balaban J connectivity index is 2.05. The molecule has 0 saturated carbocycles. The van der Waals surface area contributed by atoms with Crippen LogP contribution in [0, 0.1) is 0 Å². The molecule has 2 rings (SSSR count). The molecule has 13 atom stereocenters. The molecule has 2 aliphatic rings. The van der Waals surface area contributed by atoms with E-state index < -0.39 is 146 Å². The van der Waals surface area contributed by atoms with Crippen molar-refractivity contribution < 1.29 is 117 Å². The highest BCUT2D eigenvalue weighted by Crippen LogP contribution is 2.24. The molecule has 0 aromatic heterocycles. The third-order valence-corrected chi connectivity index (χ3v) is 12.1. The predicted octanol–water partition coefficient (Wildman–Crippen LogP) is -7.14. The first kappa shape index (κ1) is 72.2. The topological polar surface area (TPSA) is 457 Å². The average Bonchev–Trinajstić information content (AvgIpc) is 3.48.